The van der Waals surface area contributed by atoms with Gasteiger partial charge in [0.2, 0.25) is 11.8 Å². The minimum atomic E-state index is -4.06. The molecule has 1 aliphatic rings. The van der Waals surface area contributed by atoms with Crippen molar-refractivity contribution in [3.05, 3.63) is 95.6 Å². The van der Waals surface area contributed by atoms with Crippen molar-refractivity contribution in [1.29, 1.82) is 0 Å². The Kier molecular flexibility index (Phi) is 9.63. The van der Waals surface area contributed by atoms with E-state index in [0.717, 1.165) is 46.7 Å². The van der Waals surface area contributed by atoms with Gasteiger partial charge in [0.15, 0.2) is 0 Å². The first-order chi connectivity index (χ1) is 19.2. The first kappa shape index (κ1) is 29.3. The summed E-state index contributed by atoms with van der Waals surface area (Å²) in [6.07, 6.45) is 5.19. The molecule has 0 radical (unpaired) electrons. The molecule has 2 amide bonds. The second-order valence-electron chi connectivity index (χ2n) is 10.6. The molecule has 212 valence electrons. The van der Waals surface area contributed by atoms with Crippen LogP contribution in [0, 0.1) is 13.8 Å². The van der Waals surface area contributed by atoms with Crippen molar-refractivity contribution < 1.29 is 18.0 Å². The summed E-state index contributed by atoms with van der Waals surface area (Å²) >= 11 is 0. The highest BCUT2D eigenvalue weighted by atomic mass is 32.2. The molecule has 40 heavy (non-hydrogen) atoms. The number of nitrogens with zero attached hydrogens (tertiary/aromatic N) is 2. The van der Waals surface area contributed by atoms with E-state index in [-0.39, 0.29) is 23.4 Å². The Morgan fingerprint density at radius 3 is 2.15 bits per heavy atom. The number of rotatable bonds is 10. The topological polar surface area (TPSA) is 86.8 Å². The zero-order chi connectivity index (χ0) is 28.7. The summed E-state index contributed by atoms with van der Waals surface area (Å²) in [5, 5.41) is 3.14. The van der Waals surface area contributed by atoms with Crippen LogP contribution >= 0.6 is 0 Å². The third-order valence-corrected chi connectivity index (χ3v) is 9.44. The Morgan fingerprint density at radius 1 is 0.875 bits per heavy atom. The summed E-state index contributed by atoms with van der Waals surface area (Å²) in [6, 6.07) is 22.2. The van der Waals surface area contributed by atoms with Crippen LogP contribution in [-0.4, -0.2) is 43.8 Å². The Hall–Kier alpha value is -3.65. The molecule has 1 aliphatic carbocycles. The number of hydrogen-bond donors (Lipinski definition) is 1. The molecule has 0 saturated heterocycles. The fourth-order valence-electron chi connectivity index (χ4n) is 5.08. The van der Waals surface area contributed by atoms with Gasteiger partial charge in [-0.25, -0.2) is 8.42 Å². The number of anilines is 1. The Balaban J connectivity index is 1.66. The molecule has 3 aromatic carbocycles. The summed E-state index contributed by atoms with van der Waals surface area (Å²) in [6.45, 7) is 5.32. The Morgan fingerprint density at radius 2 is 1.50 bits per heavy atom. The predicted octanol–water partition coefficient (Wildman–Crippen LogP) is 5.36. The molecular formula is C32H39N3O4S. The first-order valence-corrected chi connectivity index (χ1v) is 15.4. The number of carbonyl (C=O) groups is 2. The Bertz CT molecular complexity index is 1400. The highest BCUT2D eigenvalue weighted by Crippen LogP contribution is 2.25. The highest BCUT2D eigenvalue weighted by molar-refractivity contribution is 7.92. The lowest BCUT2D eigenvalue weighted by molar-refractivity contribution is -0.139. The molecule has 0 heterocycles. The lowest BCUT2D eigenvalue weighted by Gasteiger charge is -2.33. The number of sulfonamides is 1. The van der Waals surface area contributed by atoms with Gasteiger partial charge in [-0.3, -0.25) is 13.9 Å². The summed E-state index contributed by atoms with van der Waals surface area (Å²) in [5.74, 6) is -0.671. The molecule has 8 heteroatoms. The molecule has 1 N–H and O–H groups in total. The lowest BCUT2D eigenvalue weighted by Crippen LogP contribution is -2.53. The van der Waals surface area contributed by atoms with Crippen LogP contribution in [0.4, 0.5) is 5.69 Å². The third-order valence-electron chi connectivity index (χ3n) is 7.65. The molecule has 7 nitrogen and oxygen atoms in total. The molecule has 1 atom stereocenters. The van der Waals surface area contributed by atoms with Gasteiger partial charge in [-0.1, -0.05) is 79.4 Å². The van der Waals surface area contributed by atoms with Gasteiger partial charge in [0.1, 0.15) is 12.6 Å². The molecule has 0 aromatic heterocycles. The van der Waals surface area contributed by atoms with E-state index in [9.17, 15) is 18.0 Å². The van der Waals surface area contributed by atoms with Crippen LogP contribution in [0.25, 0.3) is 0 Å². The number of nitrogens with one attached hydrogen (secondary N) is 1. The normalized spacial score (nSPS) is 14.8. The van der Waals surface area contributed by atoms with Crippen molar-refractivity contribution in [2.75, 3.05) is 10.8 Å². The van der Waals surface area contributed by atoms with Crippen molar-refractivity contribution in [2.45, 2.75) is 76.4 Å². The number of amides is 2. The summed E-state index contributed by atoms with van der Waals surface area (Å²) in [4.78, 5) is 29.1. The molecular weight excluding hydrogens is 522 g/mol. The summed E-state index contributed by atoms with van der Waals surface area (Å²) in [5.41, 5.74) is 3.21. The zero-order valence-electron chi connectivity index (χ0n) is 23.5. The van der Waals surface area contributed by atoms with E-state index in [4.69, 9.17) is 0 Å². The van der Waals surface area contributed by atoms with Crippen molar-refractivity contribution in [1.82, 2.24) is 10.2 Å². The molecule has 0 spiro atoms. The van der Waals surface area contributed by atoms with E-state index in [1.807, 2.05) is 38.1 Å². The van der Waals surface area contributed by atoms with E-state index < -0.39 is 28.5 Å². The van der Waals surface area contributed by atoms with Crippen LogP contribution in [-0.2, 0) is 26.2 Å². The van der Waals surface area contributed by atoms with Crippen molar-refractivity contribution >= 4 is 27.5 Å². The van der Waals surface area contributed by atoms with Gasteiger partial charge in [-0.05, 0) is 69.0 Å². The Labute approximate surface area is 238 Å². The van der Waals surface area contributed by atoms with E-state index in [2.05, 4.69) is 5.32 Å². The van der Waals surface area contributed by atoms with E-state index in [0.29, 0.717) is 5.69 Å². The lowest BCUT2D eigenvalue weighted by atomic mass is 9.95. The average molecular weight is 562 g/mol. The zero-order valence-corrected chi connectivity index (χ0v) is 24.4. The van der Waals surface area contributed by atoms with Crippen LogP contribution in [0.2, 0.25) is 0 Å². The van der Waals surface area contributed by atoms with Crippen molar-refractivity contribution in [2.24, 2.45) is 0 Å². The predicted molar refractivity (Wildman–Crippen MR) is 158 cm³/mol. The molecule has 0 unspecified atom stereocenters. The minimum absolute atomic E-state index is 0.0989. The molecule has 1 saturated carbocycles. The van der Waals surface area contributed by atoms with E-state index in [1.54, 1.807) is 61.5 Å². The molecule has 4 rings (SSSR count). The van der Waals surface area contributed by atoms with Gasteiger partial charge in [-0.2, -0.15) is 0 Å². The van der Waals surface area contributed by atoms with Gasteiger partial charge in [-0.15, -0.1) is 0 Å². The minimum Gasteiger partial charge on any atom is -0.352 e. The maximum atomic E-state index is 14.1. The third kappa shape index (κ3) is 7.10. The first-order valence-electron chi connectivity index (χ1n) is 14.0. The second-order valence-corrected chi connectivity index (χ2v) is 12.5. The molecule has 0 bridgehead atoms. The quantitative estimate of drug-likeness (QED) is 0.361. The van der Waals surface area contributed by atoms with Gasteiger partial charge >= 0.3 is 0 Å². The monoisotopic (exact) mass is 561 g/mol. The van der Waals surface area contributed by atoms with Crippen LogP contribution in [0.3, 0.4) is 0 Å². The fraction of sp³-hybridized carbons (Fsp3) is 0.375. The summed E-state index contributed by atoms with van der Waals surface area (Å²) in [7, 11) is -4.06. The van der Waals surface area contributed by atoms with Crippen LogP contribution in [0.5, 0.6) is 0 Å². The van der Waals surface area contributed by atoms with Gasteiger partial charge in [0.05, 0.1) is 10.6 Å². The molecule has 3 aromatic rings. The number of carbonyl (C=O) groups excluding carboxylic acids is 2. The fourth-order valence-corrected chi connectivity index (χ4v) is 6.50. The van der Waals surface area contributed by atoms with Crippen LogP contribution in [0.1, 0.15) is 55.7 Å². The molecule has 0 aliphatic heterocycles. The van der Waals surface area contributed by atoms with E-state index >= 15 is 0 Å². The van der Waals surface area contributed by atoms with Gasteiger partial charge in [0, 0.05) is 12.6 Å². The maximum Gasteiger partial charge on any atom is 0.264 e. The van der Waals surface area contributed by atoms with Gasteiger partial charge in [0.25, 0.3) is 10.0 Å². The second kappa shape index (κ2) is 13.1. The maximum absolute atomic E-state index is 14.1. The number of para-hydroxylation sites is 1. The van der Waals surface area contributed by atoms with E-state index in [1.165, 1.54) is 11.3 Å². The number of benzene rings is 3. The highest BCUT2D eigenvalue weighted by Gasteiger charge is 2.33. The van der Waals surface area contributed by atoms with Crippen LogP contribution < -0.4 is 9.62 Å². The molecule has 1 fully saturated rings. The van der Waals surface area contributed by atoms with Crippen molar-refractivity contribution in [3.8, 4) is 0 Å². The largest absolute Gasteiger partial charge is 0.352 e. The summed E-state index contributed by atoms with van der Waals surface area (Å²) < 4.78 is 28.8. The standard InChI is InChI=1S/C32H39N3O4S/c1-24-18-20-30(21-19-24)40(38,39)35(29-16-8-5-9-17-29)23-31(36)34(22-27-13-11-10-12-25(27)2)26(3)32(37)33-28-14-6-4-7-15-28/h5,8-13,16-21,26,28H,4,6-7,14-15,22-23H2,1-3H3,(H,33,37)/t26-/m1/s1. The van der Waals surface area contributed by atoms with Crippen LogP contribution in [0.15, 0.2) is 83.8 Å². The average Bonchev–Trinajstić information content (AvgIpc) is 2.96. The van der Waals surface area contributed by atoms with Gasteiger partial charge < -0.3 is 10.2 Å². The number of aryl methyl sites for hydroxylation is 2. The SMILES string of the molecule is Cc1ccc(S(=O)(=O)N(CC(=O)N(Cc2ccccc2C)[C@H](C)C(=O)NC2CCCCC2)c2ccccc2)cc1. The smallest absolute Gasteiger partial charge is 0.264 e. The number of hydrogen-bond acceptors (Lipinski definition) is 4. The van der Waals surface area contributed by atoms with Crippen molar-refractivity contribution in [3.63, 3.8) is 0 Å².